The number of nitrogens with two attached hydrogens (primary N) is 1. The molecule has 0 aromatic carbocycles. The molecule has 0 aliphatic rings. The van der Waals surface area contributed by atoms with Gasteiger partial charge in [-0.3, -0.25) is 9.69 Å². The molecule has 0 aliphatic carbocycles. The van der Waals surface area contributed by atoms with E-state index in [1.54, 1.807) is 4.90 Å². The number of thiophene rings is 1. The minimum atomic E-state index is 0.0239. The lowest BCUT2D eigenvalue weighted by Gasteiger charge is -2.31. The number of hydrogen-bond acceptors (Lipinski definition) is 4. The van der Waals surface area contributed by atoms with E-state index in [0.717, 1.165) is 22.3 Å². The second kappa shape index (κ2) is 8.13. The number of nitrogens with zero attached hydrogens (tertiary/aromatic N) is 2. The van der Waals surface area contributed by atoms with Crippen molar-refractivity contribution in [1.82, 2.24) is 9.80 Å². The van der Waals surface area contributed by atoms with Gasteiger partial charge in [-0.25, -0.2) is 0 Å². The second-order valence-corrected chi connectivity index (χ2v) is 7.93. The minimum absolute atomic E-state index is 0.0239. The van der Waals surface area contributed by atoms with E-state index in [0.29, 0.717) is 19.6 Å². The highest BCUT2D eigenvalue weighted by atomic mass is 35.5. The van der Waals surface area contributed by atoms with Gasteiger partial charge in [-0.05, 0) is 30.6 Å². The van der Waals surface area contributed by atoms with Crippen LogP contribution in [-0.4, -0.2) is 48.9 Å². The quantitative estimate of drug-likeness (QED) is 0.796. The molecule has 0 saturated heterocycles. The molecule has 0 bridgehead atoms. The summed E-state index contributed by atoms with van der Waals surface area (Å²) in [5, 5.41) is 0. The van der Waals surface area contributed by atoms with Crippen LogP contribution in [0.1, 0.15) is 25.6 Å². The Balaban J connectivity index is 2.53. The average Bonchev–Trinajstić information content (AvgIpc) is 2.82. The van der Waals surface area contributed by atoms with Crippen LogP contribution in [-0.2, 0) is 11.3 Å². The van der Waals surface area contributed by atoms with Gasteiger partial charge < -0.3 is 10.6 Å². The summed E-state index contributed by atoms with van der Waals surface area (Å²) in [5.74, 6) is 0.120. The van der Waals surface area contributed by atoms with E-state index in [4.69, 9.17) is 17.3 Å². The van der Waals surface area contributed by atoms with Crippen LogP contribution in [0.25, 0.3) is 0 Å². The van der Waals surface area contributed by atoms with Gasteiger partial charge in [-0.1, -0.05) is 32.4 Å². The normalized spacial score (nSPS) is 12.0. The van der Waals surface area contributed by atoms with Crippen molar-refractivity contribution in [1.29, 1.82) is 0 Å². The van der Waals surface area contributed by atoms with Crippen LogP contribution in [0.4, 0.5) is 0 Å². The molecule has 1 rings (SSSR count). The van der Waals surface area contributed by atoms with Gasteiger partial charge in [-0.2, -0.15) is 0 Å². The molecule has 2 N–H and O–H groups in total. The summed E-state index contributed by atoms with van der Waals surface area (Å²) in [6, 6.07) is 3.83. The Kier molecular flexibility index (Phi) is 7.13. The molecule has 21 heavy (non-hydrogen) atoms. The molecule has 0 aliphatic heterocycles. The number of carbonyl (C=O) groups is 1. The Morgan fingerprint density at radius 2 is 2.10 bits per heavy atom. The Labute approximate surface area is 136 Å². The van der Waals surface area contributed by atoms with Crippen molar-refractivity contribution in [3.05, 3.63) is 21.3 Å². The van der Waals surface area contributed by atoms with E-state index in [1.807, 2.05) is 19.2 Å². The van der Waals surface area contributed by atoms with Gasteiger partial charge in [0.05, 0.1) is 17.4 Å². The van der Waals surface area contributed by atoms with E-state index in [9.17, 15) is 4.79 Å². The van der Waals surface area contributed by atoms with Crippen LogP contribution in [0.2, 0.25) is 4.34 Å². The van der Waals surface area contributed by atoms with E-state index in [1.165, 1.54) is 11.3 Å². The predicted molar refractivity (Wildman–Crippen MR) is 90.8 cm³/mol. The van der Waals surface area contributed by atoms with E-state index in [2.05, 4.69) is 25.7 Å². The largest absolute Gasteiger partial charge is 0.340 e. The highest BCUT2D eigenvalue weighted by Gasteiger charge is 2.22. The third kappa shape index (κ3) is 6.34. The van der Waals surface area contributed by atoms with Crippen molar-refractivity contribution in [2.75, 3.05) is 33.2 Å². The summed E-state index contributed by atoms with van der Waals surface area (Å²) >= 11 is 7.43. The first-order valence-electron chi connectivity index (χ1n) is 7.18. The van der Waals surface area contributed by atoms with Gasteiger partial charge in [-0.15, -0.1) is 11.3 Å². The Hall–Kier alpha value is -0.620. The van der Waals surface area contributed by atoms with Crippen LogP contribution in [0, 0.1) is 5.41 Å². The zero-order chi connectivity index (χ0) is 16.0. The molecule has 1 heterocycles. The molecule has 0 unspecified atom stereocenters. The first kappa shape index (κ1) is 18.4. The first-order valence-corrected chi connectivity index (χ1v) is 8.37. The lowest BCUT2D eigenvalue weighted by molar-refractivity contribution is -0.131. The average molecular weight is 332 g/mol. The maximum atomic E-state index is 12.3. The maximum Gasteiger partial charge on any atom is 0.236 e. The molecular formula is C15H26ClN3OS. The smallest absolute Gasteiger partial charge is 0.236 e. The predicted octanol–water partition coefficient (Wildman–Crippen LogP) is 2.67. The van der Waals surface area contributed by atoms with Gasteiger partial charge in [0.25, 0.3) is 0 Å². The van der Waals surface area contributed by atoms with Gasteiger partial charge >= 0.3 is 0 Å². The first-order chi connectivity index (χ1) is 9.77. The molecule has 0 radical (unpaired) electrons. The van der Waals surface area contributed by atoms with Crippen molar-refractivity contribution in [2.24, 2.45) is 11.1 Å². The molecule has 0 saturated carbocycles. The second-order valence-electron chi connectivity index (χ2n) is 6.13. The highest BCUT2D eigenvalue weighted by molar-refractivity contribution is 7.16. The van der Waals surface area contributed by atoms with Crippen molar-refractivity contribution in [3.63, 3.8) is 0 Å². The lowest BCUT2D eigenvalue weighted by Crippen LogP contribution is -2.44. The zero-order valence-electron chi connectivity index (χ0n) is 13.4. The minimum Gasteiger partial charge on any atom is -0.340 e. The van der Waals surface area contributed by atoms with Crippen LogP contribution >= 0.6 is 22.9 Å². The molecule has 4 nitrogen and oxygen atoms in total. The van der Waals surface area contributed by atoms with Gasteiger partial charge in [0.2, 0.25) is 5.91 Å². The summed E-state index contributed by atoms with van der Waals surface area (Å²) in [7, 11) is 1.83. The summed E-state index contributed by atoms with van der Waals surface area (Å²) < 4.78 is 0.755. The number of carbonyl (C=O) groups excluding carboxylic acids is 1. The topological polar surface area (TPSA) is 49.6 Å². The Morgan fingerprint density at radius 1 is 1.43 bits per heavy atom. The number of amides is 1. The molecule has 120 valence electrons. The van der Waals surface area contributed by atoms with Crippen LogP contribution in [0.15, 0.2) is 12.1 Å². The summed E-state index contributed by atoms with van der Waals surface area (Å²) in [6.07, 6.45) is 0. The maximum absolute atomic E-state index is 12.3. The molecule has 6 heteroatoms. The molecule has 1 amide bonds. The van der Waals surface area contributed by atoms with Crippen LogP contribution in [0.3, 0.4) is 0 Å². The van der Waals surface area contributed by atoms with Gasteiger partial charge in [0.1, 0.15) is 0 Å². The number of hydrogen-bond donors (Lipinski definition) is 1. The third-order valence-corrected chi connectivity index (χ3v) is 4.67. The number of rotatable bonds is 8. The third-order valence-electron chi connectivity index (χ3n) is 3.46. The fourth-order valence-electron chi connectivity index (χ4n) is 2.02. The fraction of sp³-hybridized carbons (Fsp3) is 0.667. The van der Waals surface area contributed by atoms with Gasteiger partial charge in [0, 0.05) is 18.5 Å². The molecular weight excluding hydrogens is 306 g/mol. The molecule has 0 spiro atoms. The van der Waals surface area contributed by atoms with Crippen LogP contribution < -0.4 is 5.73 Å². The van der Waals surface area contributed by atoms with Gasteiger partial charge in [0.15, 0.2) is 0 Å². The van der Waals surface area contributed by atoms with Crippen molar-refractivity contribution in [3.8, 4) is 0 Å². The fourth-order valence-corrected chi connectivity index (χ4v) is 3.16. The monoisotopic (exact) mass is 331 g/mol. The standard InChI is InChI=1S/C15H26ClN3OS/c1-5-19(11-15(2,3)10-17)9-14(20)18(4)8-12-6-7-13(16)21-12/h6-7H,5,8-11,17H2,1-4H3. The summed E-state index contributed by atoms with van der Waals surface area (Å²) in [5.41, 5.74) is 5.80. The SMILES string of the molecule is CCN(CC(=O)N(C)Cc1ccc(Cl)s1)CC(C)(C)CN. The lowest BCUT2D eigenvalue weighted by atomic mass is 9.93. The molecule has 1 aromatic heterocycles. The molecule has 0 atom stereocenters. The van der Waals surface area contributed by atoms with Crippen LogP contribution in [0.5, 0.6) is 0 Å². The van der Waals surface area contributed by atoms with E-state index < -0.39 is 0 Å². The van der Waals surface area contributed by atoms with Crippen molar-refractivity contribution >= 4 is 28.8 Å². The van der Waals surface area contributed by atoms with E-state index >= 15 is 0 Å². The highest BCUT2D eigenvalue weighted by Crippen LogP contribution is 2.22. The Morgan fingerprint density at radius 3 is 2.57 bits per heavy atom. The summed E-state index contributed by atoms with van der Waals surface area (Å²) in [6.45, 7) is 9.62. The van der Waals surface area contributed by atoms with Crippen molar-refractivity contribution in [2.45, 2.75) is 27.3 Å². The zero-order valence-corrected chi connectivity index (χ0v) is 14.9. The molecule has 1 aromatic rings. The number of likely N-dealkylation sites (N-methyl/N-ethyl adjacent to an activating group) is 2. The molecule has 0 fully saturated rings. The number of halogens is 1. The van der Waals surface area contributed by atoms with E-state index in [-0.39, 0.29) is 11.3 Å². The van der Waals surface area contributed by atoms with Crippen molar-refractivity contribution < 1.29 is 4.79 Å². The summed E-state index contributed by atoms with van der Waals surface area (Å²) in [4.78, 5) is 17.3. The Bertz CT molecular complexity index is 462.